The van der Waals surface area contributed by atoms with Crippen LogP contribution in [0.2, 0.25) is 0 Å². The van der Waals surface area contributed by atoms with Gasteiger partial charge in [0.2, 0.25) is 11.8 Å². The maximum Gasteiger partial charge on any atom is 0.228 e. The van der Waals surface area contributed by atoms with Gasteiger partial charge in [-0.25, -0.2) is 0 Å². The lowest BCUT2D eigenvalue weighted by Gasteiger charge is -2.24. The summed E-state index contributed by atoms with van der Waals surface area (Å²) in [6, 6.07) is 7.68. The molecular formula is C19H27N3O3. The van der Waals surface area contributed by atoms with Crippen molar-refractivity contribution in [3.8, 4) is 5.75 Å². The van der Waals surface area contributed by atoms with Crippen LogP contribution in [0, 0.1) is 11.3 Å². The monoisotopic (exact) mass is 345 g/mol. The largest absolute Gasteiger partial charge is 0.497 e. The van der Waals surface area contributed by atoms with E-state index in [0.717, 1.165) is 24.3 Å². The average molecular weight is 345 g/mol. The molecule has 2 amide bonds. The van der Waals surface area contributed by atoms with Gasteiger partial charge >= 0.3 is 0 Å². The molecule has 3 rings (SSSR count). The molecule has 2 aliphatic rings. The van der Waals surface area contributed by atoms with Crippen molar-refractivity contribution in [2.45, 2.75) is 26.3 Å². The van der Waals surface area contributed by atoms with Gasteiger partial charge in [0.05, 0.1) is 13.0 Å². The van der Waals surface area contributed by atoms with Crippen LogP contribution in [-0.2, 0) is 16.1 Å². The minimum absolute atomic E-state index is 0.0149. The third-order valence-electron chi connectivity index (χ3n) is 5.46. The molecule has 6 nitrogen and oxygen atoms in total. The number of rotatable bonds is 5. The van der Waals surface area contributed by atoms with E-state index in [2.05, 4.69) is 6.92 Å². The van der Waals surface area contributed by atoms with Gasteiger partial charge in [-0.2, -0.15) is 0 Å². The standard InChI is InChI=1S/C19H27N3O3/c1-19(12-20)7-8-21(13-19)18(24)15-9-17(23)22(11-15)10-14-3-5-16(25-2)6-4-14/h3-6,15H,7-13,20H2,1-2H3. The zero-order valence-corrected chi connectivity index (χ0v) is 15.0. The van der Waals surface area contributed by atoms with E-state index >= 15 is 0 Å². The van der Waals surface area contributed by atoms with Crippen LogP contribution in [0.4, 0.5) is 0 Å². The van der Waals surface area contributed by atoms with Crippen LogP contribution < -0.4 is 10.5 Å². The summed E-state index contributed by atoms with van der Waals surface area (Å²) in [4.78, 5) is 28.8. The Morgan fingerprint density at radius 2 is 2.08 bits per heavy atom. The van der Waals surface area contributed by atoms with E-state index in [1.807, 2.05) is 29.2 Å². The van der Waals surface area contributed by atoms with E-state index < -0.39 is 0 Å². The Bertz CT molecular complexity index is 646. The van der Waals surface area contributed by atoms with Crippen LogP contribution >= 0.6 is 0 Å². The second-order valence-electron chi connectivity index (χ2n) is 7.55. The first kappa shape index (κ1) is 17.7. The number of nitrogens with two attached hydrogens (primary N) is 1. The normalized spacial score (nSPS) is 26.4. The highest BCUT2D eigenvalue weighted by molar-refractivity contribution is 5.89. The van der Waals surface area contributed by atoms with E-state index in [9.17, 15) is 9.59 Å². The summed E-state index contributed by atoms with van der Waals surface area (Å²) in [7, 11) is 1.63. The minimum atomic E-state index is -0.231. The van der Waals surface area contributed by atoms with Gasteiger partial charge in [-0.3, -0.25) is 9.59 Å². The highest BCUT2D eigenvalue weighted by Gasteiger charge is 2.41. The Morgan fingerprint density at radius 1 is 1.36 bits per heavy atom. The van der Waals surface area contributed by atoms with Crippen LogP contribution in [0.25, 0.3) is 0 Å². The highest BCUT2D eigenvalue weighted by Crippen LogP contribution is 2.31. The zero-order chi connectivity index (χ0) is 18.0. The van der Waals surface area contributed by atoms with Crippen LogP contribution in [0.15, 0.2) is 24.3 Å². The lowest BCUT2D eigenvalue weighted by molar-refractivity contribution is -0.135. The summed E-state index contributed by atoms with van der Waals surface area (Å²) in [5.41, 5.74) is 6.88. The van der Waals surface area contributed by atoms with Crippen molar-refractivity contribution in [2.24, 2.45) is 17.1 Å². The number of likely N-dealkylation sites (tertiary alicyclic amines) is 2. The summed E-state index contributed by atoms with van der Waals surface area (Å²) in [6.07, 6.45) is 1.25. The van der Waals surface area contributed by atoms with Gasteiger partial charge in [-0.15, -0.1) is 0 Å². The Kier molecular flexibility index (Phi) is 4.99. The van der Waals surface area contributed by atoms with Gasteiger partial charge in [-0.05, 0) is 36.1 Å². The Hall–Kier alpha value is -2.08. The molecule has 136 valence electrons. The lowest BCUT2D eigenvalue weighted by Crippen LogP contribution is -2.38. The summed E-state index contributed by atoms with van der Waals surface area (Å²) < 4.78 is 5.15. The van der Waals surface area contributed by atoms with Crippen molar-refractivity contribution in [3.05, 3.63) is 29.8 Å². The quantitative estimate of drug-likeness (QED) is 0.871. The first-order chi connectivity index (χ1) is 11.9. The fraction of sp³-hybridized carbons (Fsp3) is 0.579. The molecule has 2 heterocycles. The second-order valence-corrected chi connectivity index (χ2v) is 7.55. The van der Waals surface area contributed by atoms with Gasteiger partial charge in [0.1, 0.15) is 5.75 Å². The molecule has 25 heavy (non-hydrogen) atoms. The smallest absolute Gasteiger partial charge is 0.228 e. The number of ether oxygens (including phenoxy) is 1. The van der Waals surface area contributed by atoms with Gasteiger partial charge in [0, 0.05) is 32.6 Å². The van der Waals surface area contributed by atoms with Crippen LogP contribution in [0.5, 0.6) is 5.75 Å². The first-order valence-corrected chi connectivity index (χ1v) is 8.84. The van der Waals surface area contributed by atoms with Crippen molar-refractivity contribution in [3.63, 3.8) is 0 Å². The van der Waals surface area contributed by atoms with Crippen molar-refractivity contribution < 1.29 is 14.3 Å². The number of hydrogen-bond donors (Lipinski definition) is 1. The van der Waals surface area contributed by atoms with E-state index in [-0.39, 0.29) is 23.1 Å². The minimum Gasteiger partial charge on any atom is -0.497 e. The van der Waals surface area contributed by atoms with E-state index in [4.69, 9.17) is 10.5 Å². The maximum absolute atomic E-state index is 12.8. The second kappa shape index (κ2) is 7.04. The number of nitrogens with zero attached hydrogens (tertiary/aromatic N) is 2. The molecule has 2 saturated heterocycles. The predicted octanol–water partition coefficient (Wildman–Crippen LogP) is 1.24. The lowest BCUT2D eigenvalue weighted by atomic mass is 9.90. The van der Waals surface area contributed by atoms with Crippen LogP contribution in [-0.4, -0.2) is 54.9 Å². The molecule has 2 aliphatic heterocycles. The molecule has 0 aromatic heterocycles. The van der Waals surface area contributed by atoms with Gasteiger partial charge in [-0.1, -0.05) is 19.1 Å². The van der Waals surface area contributed by atoms with Gasteiger partial charge < -0.3 is 20.3 Å². The molecule has 6 heteroatoms. The Labute approximate surface area is 148 Å². The van der Waals surface area contributed by atoms with Gasteiger partial charge in [0.15, 0.2) is 0 Å². The fourth-order valence-electron chi connectivity index (χ4n) is 3.68. The van der Waals surface area contributed by atoms with Gasteiger partial charge in [0.25, 0.3) is 0 Å². The fourth-order valence-corrected chi connectivity index (χ4v) is 3.68. The number of benzene rings is 1. The highest BCUT2D eigenvalue weighted by atomic mass is 16.5. The molecule has 2 unspecified atom stereocenters. The molecule has 1 aromatic carbocycles. The molecule has 1 aromatic rings. The molecule has 2 atom stereocenters. The number of methoxy groups -OCH3 is 1. The number of hydrogen-bond acceptors (Lipinski definition) is 4. The van der Waals surface area contributed by atoms with Crippen molar-refractivity contribution in [1.29, 1.82) is 0 Å². The van der Waals surface area contributed by atoms with Crippen LogP contribution in [0.1, 0.15) is 25.3 Å². The van der Waals surface area contributed by atoms with Crippen LogP contribution in [0.3, 0.4) is 0 Å². The maximum atomic E-state index is 12.8. The zero-order valence-electron chi connectivity index (χ0n) is 15.0. The van der Waals surface area contributed by atoms with Crippen molar-refractivity contribution >= 4 is 11.8 Å². The number of carbonyl (C=O) groups is 2. The average Bonchev–Trinajstić information content (AvgIpc) is 3.19. The number of carbonyl (C=O) groups excluding carboxylic acids is 2. The molecule has 0 bridgehead atoms. The Morgan fingerprint density at radius 3 is 2.68 bits per heavy atom. The third kappa shape index (κ3) is 3.79. The molecule has 0 aliphatic carbocycles. The summed E-state index contributed by atoms with van der Waals surface area (Å²) in [6.45, 7) is 5.19. The first-order valence-electron chi connectivity index (χ1n) is 8.84. The summed E-state index contributed by atoms with van der Waals surface area (Å²) >= 11 is 0. The topological polar surface area (TPSA) is 75.9 Å². The molecule has 0 saturated carbocycles. The molecule has 0 spiro atoms. The van der Waals surface area contributed by atoms with Crippen molar-refractivity contribution in [1.82, 2.24) is 9.80 Å². The van der Waals surface area contributed by atoms with E-state index in [1.54, 1.807) is 12.0 Å². The molecule has 2 N–H and O–H groups in total. The SMILES string of the molecule is COc1ccc(CN2CC(C(=O)N3CCC(C)(CN)C3)CC2=O)cc1. The third-order valence-corrected chi connectivity index (χ3v) is 5.46. The molecule has 2 fully saturated rings. The Balaban J connectivity index is 1.59. The van der Waals surface area contributed by atoms with Crippen molar-refractivity contribution in [2.75, 3.05) is 33.3 Å². The van der Waals surface area contributed by atoms with E-state index in [1.165, 1.54) is 0 Å². The molecular weight excluding hydrogens is 318 g/mol. The summed E-state index contributed by atoms with van der Waals surface area (Å²) in [5, 5.41) is 0. The summed E-state index contributed by atoms with van der Waals surface area (Å²) in [5.74, 6) is 0.713. The number of amides is 2. The molecule has 0 radical (unpaired) electrons. The predicted molar refractivity (Wildman–Crippen MR) is 94.9 cm³/mol. The van der Waals surface area contributed by atoms with E-state index in [0.29, 0.717) is 32.6 Å².